The highest BCUT2D eigenvalue weighted by atomic mass is 19.1. The van der Waals surface area contributed by atoms with Crippen LogP contribution >= 0.6 is 0 Å². The van der Waals surface area contributed by atoms with E-state index in [2.05, 4.69) is 22.4 Å². The van der Waals surface area contributed by atoms with Gasteiger partial charge in [-0.1, -0.05) is 6.07 Å². The van der Waals surface area contributed by atoms with E-state index in [-0.39, 0.29) is 5.56 Å². The van der Waals surface area contributed by atoms with Gasteiger partial charge in [0.05, 0.1) is 5.56 Å². The summed E-state index contributed by atoms with van der Waals surface area (Å²) in [5.41, 5.74) is 4.33. The smallest absolute Gasteiger partial charge is 0.140 e. The van der Waals surface area contributed by atoms with E-state index < -0.39 is 5.82 Å². The molecule has 0 spiro atoms. The molecule has 1 aromatic rings. The number of hydrazine groups is 1. The van der Waals surface area contributed by atoms with Crippen LogP contribution in [-0.2, 0) is 6.54 Å². The van der Waals surface area contributed by atoms with Crippen LogP contribution in [0.15, 0.2) is 18.2 Å². The van der Waals surface area contributed by atoms with Gasteiger partial charge >= 0.3 is 0 Å². The Morgan fingerprint density at radius 1 is 1.33 bits per heavy atom. The van der Waals surface area contributed by atoms with Crippen molar-refractivity contribution in [2.45, 2.75) is 6.54 Å². The number of nitrogens with one attached hydrogen (secondary N) is 1. The first-order valence-corrected chi connectivity index (χ1v) is 6.04. The fourth-order valence-electron chi connectivity index (χ4n) is 1.94. The summed E-state index contributed by atoms with van der Waals surface area (Å²) in [5.74, 6) is -0.458. The van der Waals surface area contributed by atoms with E-state index in [0.29, 0.717) is 6.54 Å². The third kappa shape index (κ3) is 3.26. The van der Waals surface area contributed by atoms with E-state index in [9.17, 15) is 4.39 Å². The molecular formula is C13H17FN4. The van der Waals surface area contributed by atoms with Crippen LogP contribution in [0, 0.1) is 17.1 Å². The molecule has 2 rings (SSSR count). The maximum absolute atomic E-state index is 13.1. The molecule has 1 heterocycles. The second kappa shape index (κ2) is 5.91. The fraction of sp³-hybridized carbons (Fsp3) is 0.462. The summed E-state index contributed by atoms with van der Waals surface area (Å²) in [6.45, 7) is 4.66. The van der Waals surface area contributed by atoms with Crippen molar-refractivity contribution in [1.82, 2.24) is 15.3 Å². The van der Waals surface area contributed by atoms with Crippen molar-refractivity contribution in [1.29, 1.82) is 5.26 Å². The zero-order valence-corrected chi connectivity index (χ0v) is 10.5. The summed E-state index contributed by atoms with van der Waals surface area (Å²) in [7, 11) is 2.11. The Labute approximate surface area is 107 Å². The summed E-state index contributed by atoms with van der Waals surface area (Å²) in [6.07, 6.45) is 0. The molecule has 0 bridgehead atoms. The maximum Gasteiger partial charge on any atom is 0.140 e. The number of piperazine rings is 1. The van der Waals surface area contributed by atoms with Crippen molar-refractivity contribution < 1.29 is 4.39 Å². The Kier molecular flexibility index (Phi) is 4.26. The van der Waals surface area contributed by atoms with Crippen molar-refractivity contribution in [2.75, 3.05) is 33.2 Å². The van der Waals surface area contributed by atoms with Gasteiger partial charge in [0.25, 0.3) is 0 Å². The molecule has 18 heavy (non-hydrogen) atoms. The van der Waals surface area contributed by atoms with Crippen LogP contribution in [0.1, 0.15) is 11.1 Å². The second-order valence-electron chi connectivity index (χ2n) is 4.55. The molecule has 1 N–H and O–H groups in total. The number of nitriles is 1. The van der Waals surface area contributed by atoms with Crippen LogP contribution in [0.5, 0.6) is 0 Å². The minimum Gasteiger partial charge on any atom is -0.304 e. The Balaban J connectivity index is 1.89. The number of hydrogen-bond acceptors (Lipinski definition) is 4. The van der Waals surface area contributed by atoms with Crippen LogP contribution in [-0.4, -0.2) is 43.1 Å². The van der Waals surface area contributed by atoms with E-state index >= 15 is 0 Å². The number of hydrogen-bond donors (Lipinski definition) is 1. The van der Waals surface area contributed by atoms with Crippen LogP contribution in [0.25, 0.3) is 0 Å². The molecule has 1 aromatic carbocycles. The average molecular weight is 248 g/mol. The molecular weight excluding hydrogens is 231 g/mol. The molecule has 4 nitrogen and oxygen atoms in total. The summed E-state index contributed by atoms with van der Waals surface area (Å²) < 4.78 is 13.1. The molecule has 0 unspecified atom stereocenters. The third-order valence-electron chi connectivity index (χ3n) is 3.16. The molecule has 0 aromatic heterocycles. The summed E-state index contributed by atoms with van der Waals surface area (Å²) in [5, 5.41) is 10.9. The highest BCUT2D eigenvalue weighted by Crippen LogP contribution is 2.09. The van der Waals surface area contributed by atoms with Crippen molar-refractivity contribution in [3.63, 3.8) is 0 Å². The van der Waals surface area contributed by atoms with Gasteiger partial charge in [-0.25, -0.2) is 9.40 Å². The second-order valence-corrected chi connectivity index (χ2v) is 4.55. The first-order valence-electron chi connectivity index (χ1n) is 6.04. The van der Waals surface area contributed by atoms with Gasteiger partial charge in [-0.15, -0.1) is 0 Å². The Hall–Kier alpha value is -1.48. The number of nitrogens with zero attached hydrogens (tertiary/aromatic N) is 3. The number of likely N-dealkylation sites (N-methyl/N-ethyl adjacent to an activating group) is 1. The quantitative estimate of drug-likeness (QED) is 0.865. The van der Waals surface area contributed by atoms with Crippen molar-refractivity contribution in [3.8, 4) is 6.07 Å². The van der Waals surface area contributed by atoms with Gasteiger partial charge in [-0.2, -0.15) is 5.26 Å². The van der Waals surface area contributed by atoms with Gasteiger partial charge in [-0.3, -0.25) is 5.43 Å². The van der Waals surface area contributed by atoms with E-state index in [1.807, 2.05) is 6.07 Å². The monoisotopic (exact) mass is 248 g/mol. The SMILES string of the molecule is CN1CCN(NCc2ccc(F)c(C#N)c2)CC1. The first kappa shape index (κ1) is 13.0. The van der Waals surface area contributed by atoms with Crippen molar-refractivity contribution in [3.05, 3.63) is 35.1 Å². The molecule has 0 aliphatic carbocycles. The number of rotatable bonds is 3. The molecule has 0 radical (unpaired) electrons. The minimum atomic E-state index is -0.458. The van der Waals surface area contributed by atoms with Crippen LogP contribution < -0.4 is 5.43 Å². The maximum atomic E-state index is 13.1. The lowest BCUT2D eigenvalue weighted by Gasteiger charge is -2.32. The Bertz CT molecular complexity index is 447. The lowest BCUT2D eigenvalue weighted by Crippen LogP contribution is -2.50. The Morgan fingerprint density at radius 2 is 2.06 bits per heavy atom. The number of benzene rings is 1. The topological polar surface area (TPSA) is 42.3 Å². The van der Waals surface area contributed by atoms with Gasteiger partial charge < -0.3 is 4.90 Å². The third-order valence-corrected chi connectivity index (χ3v) is 3.16. The van der Waals surface area contributed by atoms with E-state index in [1.54, 1.807) is 12.1 Å². The minimum absolute atomic E-state index is 0.104. The van der Waals surface area contributed by atoms with Gasteiger partial charge in [-0.05, 0) is 24.7 Å². The van der Waals surface area contributed by atoms with Gasteiger partial charge in [0.2, 0.25) is 0 Å². The van der Waals surface area contributed by atoms with Gasteiger partial charge in [0, 0.05) is 32.7 Å². The first-order chi connectivity index (χ1) is 8.69. The molecule has 1 aliphatic rings. The van der Waals surface area contributed by atoms with Crippen LogP contribution in [0.3, 0.4) is 0 Å². The fourth-order valence-corrected chi connectivity index (χ4v) is 1.94. The Morgan fingerprint density at radius 3 is 2.72 bits per heavy atom. The highest BCUT2D eigenvalue weighted by Gasteiger charge is 2.13. The summed E-state index contributed by atoms with van der Waals surface area (Å²) in [4.78, 5) is 2.28. The highest BCUT2D eigenvalue weighted by molar-refractivity contribution is 5.34. The molecule has 1 saturated heterocycles. The van der Waals surface area contributed by atoms with Crippen molar-refractivity contribution >= 4 is 0 Å². The molecule has 5 heteroatoms. The molecule has 0 atom stereocenters. The summed E-state index contributed by atoms with van der Waals surface area (Å²) in [6, 6.07) is 6.51. The van der Waals surface area contributed by atoms with E-state index in [4.69, 9.17) is 5.26 Å². The zero-order chi connectivity index (χ0) is 13.0. The van der Waals surface area contributed by atoms with Gasteiger partial charge in [0.1, 0.15) is 11.9 Å². The lowest BCUT2D eigenvalue weighted by atomic mass is 10.1. The molecule has 1 fully saturated rings. The van der Waals surface area contributed by atoms with E-state index in [0.717, 1.165) is 31.7 Å². The molecule has 0 amide bonds. The molecule has 0 saturated carbocycles. The lowest BCUT2D eigenvalue weighted by molar-refractivity contribution is 0.102. The largest absolute Gasteiger partial charge is 0.304 e. The predicted octanol–water partition coefficient (Wildman–Crippen LogP) is 0.949. The predicted molar refractivity (Wildman–Crippen MR) is 67.0 cm³/mol. The zero-order valence-electron chi connectivity index (χ0n) is 10.5. The normalized spacial score (nSPS) is 17.6. The molecule has 96 valence electrons. The average Bonchev–Trinajstić information content (AvgIpc) is 2.39. The standard InChI is InChI=1S/C13H17FN4/c1-17-4-6-18(7-5-17)16-10-11-2-3-13(14)12(8-11)9-15/h2-3,8,16H,4-7,10H2,1H3. The summed E-state index contributed by atoms with van der Waals surface area (Å²) >= 11 is 0. The van der Waals surface area contributed by atoms with Crippen molar-refractivity contribution in [2.24, 2.45) is 0 Å². The number of halogens is 1. The van der Waals surface area contributed by atoms with Crippen LogP contribution in [0.2, 0.25) is 0 Å². The van der Waals surface area contributed by atoms with Crippen LogP contribution in [0.4, 0.5) is 4.39 Å². The van der Waals surface area contributed by atoms with Gasteiger partial charge in [0.15, 0.2) is 0 Å². The molecule has 1 aliphatic heterocycles. The van der Waals surface area contributed by atoms with E-state index in [1.165, 1.54) is 6.07 Å².